The third kappa shape index (κ3) is 5.87. The van der Waals surface area contributed by atoms with Crippen LogP contribution in [0.15, 0.2) is 48.5 Å². The Hall–Kier alpha value is -2.90. The SMILES string of the molecule is COc1ccc(CCN2CCN(CC(=O)Nc3cccc(N4CCCC4=O)c3)CC2)cc1. The van der Waals surface area contributed by atoms with Crippen molar-refractivity contribution in [2.24, 2.45) is 0 Å². The summed E-state index contributed by atoms with van der Waals surface area (Å²) in [5.74, 6) is 1.02. The van der Waals surface area contributed by atoms with Crippen molar-refractivity contribution in [1.82, 2.24) is 9.80 Å². The van der Waals surface area contributed by atoms with Crippen LogP contribution in [-0.4, -0.2) is 74.5 Å². The first kappa shape index (κ1) is 22.3. The van der Waals surface area contributed by atoms with Crippen molar-refractivity contribution in [3.8, 4) is 5.75 Å². The fourth-order valence-electron chi connectivity index (χ4n) is 4.33. The zero-order valence-corrected chi connectivity index (χ0v) is 18.8. The Kier molecular flexibility index (Phi) is 7.39. The Bertz CT molecular complexity index is 923. The molecule has 2 aliphatic rings. The first-order valence-corrected chi connectivity index (χ1v) is 11.4. The van der Waals surface area contributed by atoms with Gasteiger partial charge in [0.2, 0.25) is 11.8 Å². The lowest BCUT2D eigenvalue weighted by Gasteiger charge is -2.34. The van der Waals surface area contributed by atoms with E-state index in [0.29, 0.717) is 13.0 Å². The van der Waals surface area contributed by atoms with E-state index >= 15 is 0 Å². The summed E-state index contributed by atoms with van der Waals surface area (Å²) in [6.45, 7) is 5.87. The Morgan fingerprint density at radius 1 is 1.00 bits per heavy atom. The lowest BCUT2D eigenvalue weighted by atomic mass is 10.1. The van der Waals surface area contributed by atoms with Gasteiger partial charge in [-0.25, -0.2) is 0 Å². The van der Waals surface area contributed by atoms with Crippen LogP contribution < -0.4 is 15.0 Å². The van der Waals surface area contributed by atoms with Crippen LogP contribution in [0, 0.1) is 0 Å². The highest BCUT2D eigenvalue weighted by Gasteiger charge is 2.22. The van der Waals surface area contributed by atoms with Crippen LogP contribution in [-0.2, 0) is 16.0 Å². The van der Waals surface area contributed by atoms with Crippen molar-refractivity contribution in [2.45, 2.75) is 19.3 Å². The number of ether oxygens (including phenoxy) is 1. The minimum absolute atomic E-state index is 0.0124. The van der Waals surface area contributed by atoms with E-state index in [4.69, 9.17) is 4.74 Å². The average Bonchev–Trinajstić information content (AvgIpc) is 3.25. The van der Waals surface area contributed by atoms with E-state index in [1.54, 1.807) is 12.0 Å². The topological polar surface area (TPSA) is 65.1 Å². The minimum atomic E-state index is -0.0124. The number of benzene rings is 2. The van der Waals surface area contributed by atoms with E-state index in [1.165, 1.54) is 5.56 Å². The number of amides is 2. The van der Waals surface area contributed by atoms with Crippen molar-refractivity contribution in [2.75, 3.05) is 63.1 Å². The molecule has 32 heavy (non-hydrogen) atoms. The lowest BCUT2D eigenvalue weighted by molar-refractivity contribution is -0.118. The van der Waals surface area contributed by atoms with Crippen LogP contribution >= 0.6 is 0 Å². The zero-order valence-electron chi connectivity index (χ0n) is 18.8. The van der Waals surface area contributed by atoms with Crippen LogP contribution in [0.3, 0.4) is 0 Å². The molecule has 2 fully saturated rings. The molecular weight excluding hydrogens is 404 g/mol. The molecule has 2 amide bonds. The number of nitrogens with one attached hydrogen (secondary N) is 1. The summed E-state index contributed by atoms with van der Waals surface area (Å²) in [5, 5.41) is 2.99. The molecule has 4 rings (SSSR count). The molecule has 0 aliphatic carbocycles. The van der Waals surface area contributed by atoms with Gasteiger partial charge in [-0.15, -0.1) is 0 Å². The van der Waals surface area contributed by atoms with Gasteiger partial charge in [-0.3, -0.25) is 14.5 Å². The van der Waals surface area contributed by atoms with Crippen LogP contribution in [0.25, 0.3) is 0 Å². The Morgan fingerprint density at radius 3 is 2.44 bits per heavy atom. The summed E-state index contributed by atoms with van der Waals surface area (Å²) < 4.78 is 5.21. The van der Waals surface area contributed by atoms with Gasteiger partial charge in [-0.1, -0.05) is 18.2 Å². The number of hydrogen-bond donors (Lipinski definition) is 1. The van der Waals surface area contributed by atoms with E-state index in [-0.39, 0.29) is 11.8 Å². The molecule has 0 radical (unpaired) electrons. The van der Waals surface area contributed by atoms with Crippen LogP contribution in [0.4, 0.5) is 11.4 Å². The molecule has 2 heterocycles. The van der Waals surface area contributed by atoms with Gasteiger partial charge in [-0.2, -0.15) is 0 Å². The number of rotatable bonds is 8. The molecule has 0 atom stereocenters. The Balaban J connectivity index is 1.19. The second kappa shape index (κ2) is 10.6. The minimum Gasteiger partial charge on any atom is -0.497 e. The molecule has 0 aromatic heterocycles. The van der Waals surface area contributed by atoms with Gasteiger partial charge in [0.25, 0.3) is 0 Å². The van der Waals surface area contributed by atoms with E-state index in [2.05, 4.69) is 27.2 Å². The van der Waals surface area contributed by atoms with E-state index in [9.17, 15) is 9.59 Å². The van der Waals surface area contributed by atoms with E-state index in [1.807, 2.05) is 36.4 Å². The first-order chi connectivity index (χ1) is 15.6. The van der Waals surface area contributed by atoms with Crippen molar-refractivity contribution < 1.29 is 14.3 Å². The molecule has 0 bridgehead atoms. The third-order valence-electron chi connectivity index (χ3n) is 6.22. The predicted molar refractivity (Wildman–Crippen MR) is 126 cm³/mol. The molecule has 7 heteroatoms. The fraction of sp³-hybridized carbons (Fsp3) is 0.440. The Labute approximate surface area is 189 Å². The summed E-state index contributed by atoms with van der Waals surface area (Å²) in [5.41, 5.74) is 2.91. The number of anilines is 2. The molecule has 7 nitrogen and oxygen atoms in total. The van der Waals surface area contributed by atoms with E-state index < -0.39 is 0 Å². The quantitative estimate of drug-likeness (QED) is 0.689. The van der Waals surface area contributed by atoms with Gasteiger partial charge in [0.05, 0.1) is 13.7 Å². The lowest BCUT2D eigenvalue weighted by Crippen LogP contribution is -2.49. The first-order valence-electron chi connectivity index (χ1n) is 11.4. The fourth-order valence-corrected chi connectivity index (χ4v) is 4.33. The highest BCUT2D eigenvalue weighted by molar-refractivity contribution is 5.97. The zero-order chi connectivity index (χ0) is 22.3. The number of carbonyl (C=O) groups excluding carboxylic acids is 2. The summed E-state index contributed by atoms with van der Waals surface area (Å²) in [6, 6.07) is 15.8. The predicted octanol–water partition coefficient (Wildman–Crippen LogP) is 2.62. The molecule has 0 spiro atoms. The van der Waals surface area contributed by atoms with Crippen LogP contribution in [0.5, 0.6) is 5.75 Å². The molecule has 2 saturated heterocycles. The summed E-state index contributed by atoms with van der Waals surface area (Å²) in [6.07, 6.45) is 2.50. The number of nitrogens with zero attached hydrogens (tertiary/aromatic N) is 3. The number of piperazine rings is 1. The Morgan fingerprint density at radius 2 is 1.75 bits per heavy atom. The number of methoxy groups -OCH3 is 1. The summed E-state index contributed by atoms with van der Waals surface area (Å²) >= 11 is 0. The smallest absolute Gasteiger partial charge is 0.238 e. The van der Waals surface area contributed by atoms with Crippen molar-refractivity contribution in [3.05, 3.63) is 54.1 Å². The normalized spacial score (nSPS) is 17.5. The van der Waals surface area contributed by atoms with Crippen molar-refractivity contribution >= 4 is 23.2 Å². The molecule has 2 aromatic rings. The largest absolute Gasteiger partial charge is 0.497 e. The monoisotopic (exact) mass is 436 g/mol. The molecule has 0 unspecified atom stereocenters. The maximum Gasteiger partial charge on any atom is 0.238 e. The molecule has 2 aromatic carbocycles. The summed E-state index contributed by atoms with van der Waals surface area (Å²) in [4.78, 5) is 31.0. The molecular formula is C25H32N4O3. The van der Waals surface area contributed by atoms with Crippen LogP contribution in [0.2, 0.25) is 0 Å². The highest BCUT2D eigenvalue weighted by Crippen LogP contribution is 2.24. The molecule has 1 N–H and O–H groups in total. The molecule has 0 saturated carbocycles. The van der Waals surface area contributed by atoms with Gasteiger partial charge in [0.15, 0.2) is 0 Å². The second-order valence-electron chi connectivity index (χ2n) is 8.46. The van der Waals surface area contributed by atoms with Gasteiger partial charge in [-0.05, 0) is 48.7 Å². The number of carbonyl (C=O) groups is 2. The van der Waals surface area contributed by atoms with Crippen molar-refractivity contribution in [1.29, 1.82) is 0 Å². The average molecular weight is 437 g/mol. The maximum atomic E-state index is 12.6. The highest BCUT2D eigenvalue weighted by atomic mass is 16.5. The van der Waals surface area contributed by atoms with Crippen molar-refractivity contribution in [3.63, 3.8) is 0 Å². The van der Waals surface area contributed by atoms with Crippen LogP contribution in [0.1, 0.15) is 18.4 Å². The number of hydrogen-bond acceptors (Lipinski definition) is 5. The third-order valence-corrected chi connectivity index (χ3v) is 6.22. The standard InChI is InChI=1S/C25H32N4O3/c1-32-23-9-7-20(8-10-23)11-13-27-14-16-28(17-15-27)19-24(30)26-21-4-2-5-22(18-21)29-12-3-6-25(29)31/h2,4-5,7-10,18H,3,6,11-17,19H2,1H3,(H,26,30). The van der Waals surface area contributed by atoms with Gasteiger partial charge < -0.3 is 19.9 Å². The van der Waals surface area contributed by atoms with Gasteiger partial charge in [0.1, 0.15) is 5.75 Å². The summed E-state index contributed by atoms with van der Waals surface area (Å²) in [7, 11) is 1.68. The van der Waals surface area contributed by atoms with E-state index in [0.717, 1.165) is 69.2 Å². The molecule has 2 aliphatic heterocycles. The van der Waals surface area contributed by atoms with Gasteiger partial charge in [0, 0.05) is 57.1 Å². The second-order valence-corrected chi connectivity index (χ2v) is 8.46. The maximum absolute atomic E-state index is 12.6. The van der Waals surface area contributed by atoms with Gasteiger partial charge >= 0.3 is 0 Å². The molecule has 170 valence electrons.